The summed E-state index contributed by atoms with van der Waals surface area (Å²) in [7, 11) is 5.31. The number of rotatable bonds is 6. The van der Waals surface area contributed by atoms with Gasteiger partial charge in [0, 0.05) is 13.1 Å². The van der Waals surface area contributed by atoms with E-state index in [1.807, 2.05) is 37.4 Å². The Kier molecular flexibility index (Phi) is 5.06. The molecule has 1 N–H and O–H groups in total. The molecular weight excluding hydrogens is 266 g/mol. The van der Waals surface area contributed by atoms with Gasteiger partial charge in [0.25, 0.3) is 0 Å². The van der Waals surface area contributed by atoms with Crippen molar-refractivity contribution in [2.45, 2.75) is 13.1 Å². The minimum absolute atomic E-state index is 0.298. The molecule has 0 radical (unpaired) electrons. The van der Waals surface area contributed by atoms with E-state index in [0.717, 1.165) is 35.7 Å². The van der Waals surface area contributed by atoms with E-state index in [2.05, 4.69) is 4.90 Å². The minimum Gasteiger partial charge on any atom is -0.508 e. The van der Waals surface area contributed by atoms with Crippen molar-refractivity contribution in [3.8, 4) is 17.2 Å². The molecule has 112 valence electrons. The Morgan fingerprint density at radius 2 is 1.57 bits per heavy atom. The maximum atomic E-state index is 9.49. The van der Waals surface area contributed by atoms with Gasteiger partial charge in [-0.3, -0.25) is 4.90 Å². The van der Waals surface area contributed by atoms with Crippen LogP contribution in [0.25, 0.3) is 0 Å². The lowest BCUT2D eigenvalue weighted by atomic mass is 10.1. The highest BCUT2D eigenvalue weighted by Gasteiger charge is 2.07. The van der Waals surface area contributed by atoms with Gasteiger partial charge in [0.15, 0.2) is 11.5 Å². The highest BCUT2D eigenvalue weighted by Crippen LogP contribution is 2.28. The summed E-state index contributed by atoms with van der Waals surface area (Å²) in [5.74, 6) is 1.77. The van der Waals surface area contributed by atoms with E-state index in [0.29, 0.717) is 5.75 Å². The van der Waals surface area contributed by atoms with Crippen molar-refractivity contribution < 1.29 is 14.6 Å². The highest BCUT2D eigenvalue weighted by atomic mass is 16.5. The van der Waals surface area contributed by atoms with Crippen LogP contribution in [0.4, 0.5) is 0 Å². The molecular formula is C17H21NO3. The second-order valence-corrected chi connectivity index (χ2v) is 5.03. The van der Waals surface area contributed by atoms with Crippen LogP contribution < -0.4 is 9.47 Å². The third-order valence-corrected chi connectivity index (χ3v) is 3.26. The van der Waals surface area contributed by atoms with Crippen LogP contribution in [0.1, 0.15) is 11.1 Å². The molecule has 0 saturated carbocycles. The number of methoxy groups -OCH3 is 2. The number of hydrogen-bond acceptors (Lipinski definition) is 4. The molecule has 2 aromatic carbocycles. The molecule has 0 unspecified atom stereocenters. The van der Waals surface area contributed by atoms with Gasteiger partial charge in [-0.1, -0.05) is 18.2 Å². The molecule has 0 aliphatic rings. The van der Waals surface area contributed by atoms with Crippen molar-refractivity contribution in [2.24, 2.45) is 0 Å². The Labute approximate surface area is 125 Å². The van der Waals surface area contributed by atoms with Gasteiger partial charge in [0.05, 0.1) is 14.2 Å². The van der Waals surface area contributed by atoms with Crippen LogP contribution in [0.2, 0.25) is 0 Å². The molecule has 0 amide bonds. The van der Waals surface area contributed by atoms with Crippen molar-refractivity contribution in [2.75, 3.05) is 21.3 Å². The molecule has 21 heavy (non-hydrogen) atoms. The zero-order chi connectivity index (χ0) is 15.2. The standard InChI is InChI=1S/C17H21NO3/c1-18(11-13-5-4-6-15(19)9-13)12-14-7-8-16(20-2)17(10-14)21-3/h4-10,19H,11-12H2,1-3H3. The number of hydrogen-bond donors (Lipinski definition) is 1. The summed E-state index contributed by atoms with van der Waals surface area (Å²) in [6.45, 7) is 1.55. The third kappa shape index (κ3) is 4.13. The van der Waals surface area contributed by atoms with Crippen LogP contribution in [0.3, 0.4) is 0 Å². The number of phenols is 1. The van der Waals surface area contributed by atoms with E-state index in [-0.39, 0.29) is 0 Å². The largest absolute Gasteiger partial charge is 0.508 e. The van der Waals surface area contributed by atoms with Crippen LogP contribution in [0.5, 0.6) is 17.2 Å². The van der Waals surface area contributed by atoms with Crippen LogP contribution in [0, 0.1) is 0 Å². The summed E-state index contributed by atoms with van der Waals surface area (Å²) in [6.07, 6.45) is 0. The maximum absolute atomic E-state index is 9.49. The fourth-order valence-electron chi connectivity index (χ4n) is 2.31. The highest BCUT2D eigenvalue weighted by molar-refractivity contribution is 5.42. The smallest absolute Gasteiger partial charge is 0.161 e. The number of aromatic hydroxyl groups is 1. The monoisotopic (exact) mass is 287 g/mol. The van der Waals surface area contributed by atoms with Gasteiger partial charge in [-0.05, 0) is 42.4 Å². The first-order valence-electron chi connectivity index (χ1n) is 6.79. The Morgan fingerprint density at radius 3 is 2.19 bits per heavy atom. The normalized spacial score (nSPS) is 10.7. The zero-order valence-corrected chi connectivity index (χ0v) is 12.7. The third-order valence-electron chi connectivity index (χ3n) is 3.26. The molecule has 0 fully saturated rings. The maximum Gasteiger partial charge on any atom is 0.161 e. The van der Waals surface area contributed by atoms with E-state index >= 15 is 0 Å². The first kappa shape index (κ1) is 15.2. The van der Waals surface area contributed by atoms with Gasteiger partial charge in [-0.15, -0.1) is 0 Å². The van der Waals surface area contributed by atoms with Crippen LogP contribution >= 0.6 is 0 Å². The molecule has 4 nitrogen and oxygen atoms in total. The molecule has 0 spiro atoms. The summed E-state index contributed by atoms with van der Waals surface area (Å²) < 4.78 is 10.6. The Balaban J connectivity index is 2.04. The lowest BCUT2D eigenvalue weighted by molar-refractivity contribution is 0.316. The summed E-state index contributed by atoms with van der Waals surface area (Å²) in [5, 5.41) is 9.49. The summed E-state index contributed by atoms with van der Waals surface area (Å²) >= 11 is 0. The van der Waals surface area contributed by atoms with Crippen molar-refractivity contribution in [3.05, 3.63) is 53.6 Å². The van der Waals surface area contributed by atoms with E-state index in [4.69, 9.17) is 9.47 Å². The fourth-order valence-corrected chi connectivity index (χ4v) is 2.31. The van der Waals surface area contributed by atoms with E-state index in [1.54, 1.807) is 26.4 Å². The van der Waals surface area contributed by atoms with Crippen molar-refractivity contribution >= 4 is 0 Å². The molecule has 2 rings (SSSR count). The quantitative estimate of drug-likeness (QED) is 0.886. The van der Waals surface area contributed by atoms with Gasteiger partial charge < -0.3 is 14.6 Å². The SMILES string of the molecule is COc1ccc(CN(C)Cc2cccc(O)c2)cc1OC. The first-order valence-corrected chi connectivity index (χ1v) is 6.79. The van der Waals surface area contributed by atoms with Gasteiger partial charge in [-0.2, -0.15) is 0 Å². The predicted molar refractivity (Wildman–Crippen MR) is 82.8 cm³/mol. The molecule has 4 heteroatoms. The van der Waals surface area contributed by atoms with Crippen molar-refractivity contribution in [1.29, 1.82) is 0 Å². The lowest BCUT2D eigenvalue weighted by Gasteiger charge is -2.18. The molecule has 0 aliphatic carbocycles. The van der Waals surface area contributed by atoms with Crippen molar-refractivity contribution in [3.63, 3.8) is 0 Å². The summed E-state index contributed by atoms with van der Waals surface area (Å²) in [6, 6.07) is 13.2. The molecule has 0 bridgehead atoms. The van der Waals surface area contributed by atoms with Crippen LogP contribution in [-0.2, 0) is 13.1 Å². The van der Waals surface area contributed by atoms with E-state index in [1.165, 1.54) is 0 Å². The first-order chi connectivity index (χ1) is 10.1. The summed E-state index contributed by atoms with van der Waals surface area (Å²) in [4.78, 5) is 2.18. The molecule has 0 aliphatic heterocycles. The van der Waals surface area contributed by atoms with E-state index in [9.17, 15) is 5.11 Å². The second kappa shape index (κ2) is 6.99. The molecule has 2 aromatic rings. The van der Waals surface area contributed by atoms with Gasteiger partial charge >= 0.3 is 0 Å². The second-order valence-electron chi connectivity index (χ2n) is 5.03. The summed E-state index contributed by atoms with van der Waals surface area (Å²) in [5.41, 5.74) is 2.23. The molecule has 0 heterocycles. The molecule has 0 atom stereocenters. The number of nitrogens with zero attached hydrogens (tertiary/aromatic N) is 1. The lowest BCUT2D eigenvalue weighted by Crippen LogP contribution is -2.17. The minimum atomic E-state index is 0.298. The molecule has 0 saturated heterocycles. The average Bonchev–Trinajstić information content (AvgIpc) is 2.47. The average molecular weight is 287 g/mol. The van der Waals surface area contributed by atoms with E-state index < -0.39 is 0 Å². The Hall–Kier alpha value is -2.20. The number of ether oxygens (including phenoxy) is 2. The fraction of sp³-hybridized carbons (Fsp3) is 0.294. The number of phenolic OH excluding ortho intramolecular Hbond substituents is 1. The van der Waals surface area contributed by atoms with Crippen LogP contribution in [0.15, 0.2) is 42.5 Å². The Morgan fingerprint density at radius 1 is 0.905 bits per heavy atom. The van der Waals surface area contributed by atoms with Crippen LogP contribution in [-0.4, -0.2) is 31.3 Å². The zero-order valence-electron chi connectivity index (χ0n) is 12.7. The predicted octanol–water partition coefficient (Wildman–Crippen LogP) is 3.04. The van der Waals surface area contributed by atoms with Crippen molar-refractivity contribution in [1.82, 2.24) is 4.90 Å². The van der Waals surface area contributed by atoms with Gasteiger partial charge in [0.2, 0.25) is 0 Å². The Bertz CT molecular complexity index is 598. The number of benzene rings is 2. The van der Waals surface area contributed by atoms with Gasteiger partial charge in [0.1, 0.15) is 5.75 Å². The topological polar surface area (TPSA) is 41.9 Å². The van der Waals surface area contributed by atoms with Gasteiger partial charge in [-0.25, -0.2) is 0 Å². The molecule has 0 aromatic heterocycles.